The van der Waals surface area contributed by atoms with E-state index in [9.17, 15) is 20.0 Å². The summed E-state index contributed by atoms with van der Waals surface area (Å²) in [5.74, 6) is -0.584. The van der Waals surface area contributed by atoms with Crippen LogP contribution in [-0.4, -0.2) is 27.3 Å². The molecule has 0 spiro atoms. The van der Waals surface area contributed by atoms with Gasteiger partial charge >= 0.3 is 0 Å². The van der Waals surface area contributed by atoms with Crippen molar-refractivity contribution in [3.8, 4) is 0 Å². The Morgan fingerprint density at radius 1 is 1.38 bits per heavy atom. The predicted molar refractivity (Wildman–Crippen MR) is 94.0 cm³/mol. The zero-order valence-corrected chi connectivity index (χ0v) is 14.4. The van der Waals surface area contributed by atoms with Crippen LogP contribution in [0.15, 0.2) is 39.7 Å². The smallest absolute Gasteiger partial charge is 0.269 e. The first kappa shape index (κ1) is 16.3. The second-order valence-electron chi connectivity index (χ2n) is 5.15. The molecular formula is C15H13N3O4S2. The van der Waals surface area contributed by atoms with E-state index in [4.69, 9.17) is 0 Å². The highest BCUT2D eigenvalue weighted by Crippen LogP contribution is 2.41. The van der Waals surface area contributed by atoms with Crippen molar-refractivity contribution in [2.75, 3.05) is 12.4 Å². The number of aliphatic hydroxyl groups is 1. The fourth-order valence-electron chi connectivity index (χ4n) is 2.32. The third-order valence-electron chi connectivity index (χ3n) is 3.55. The standard InChI is InChI=1S/C15H13N3O4S2/c1-8-5-9(18(21)22)3-4-11(8)16-14(19)13-10-6-23-7-12(10)24-17(2)15(13)20/h3-7,20H,1-2H3,(H,16,19). The summed E-state index contributed by atoms with van der Waals surface area (Å²) in [5, 5.41) is 27.5. The minimum absolute atomic E-state index is 0.0403. The van der Waals surface area contributed by atoms with Crippen molar-refractivity contribution < 1.29 is 14.8 Å². The van der Waals surface area contributed by atoms with Crippen LogP contribution in [0, 0.1) is 17.0 Å². The molecule has 1 amide bonds. The van der Waals surface area contributed by atoms with Gasteiger partial charge in [-0.25, -0.2) is 0 Å². The number of nitrogens with one attached hydrogen (secondary N) is 1. The van der Waals surface area contributed by atoms with Gasteiger partial charge in [-0.3, -0.25) is 19.2 Å². The summed E-state index contributed by atoms with van der Waals surface area (Å²) in [4.78, 5) is 23.9. The Hall–Kier alpha value is -2.52. The number of carbonyl (C=O) groups is 1. The number of nitrogens with zero attached hydrogens (tertiary/aromatic N) is 2. The van der Waals surface area contributed by atoms with Gasteiger partial charge in [0, 0.05) is 46.1 Å². The summed E-state index contributed by atoms with van der Waals surface area (Å²) in [6.45, 7) is 1.68. The lowest BCUT2D eigenvalue weighted by Gasteiger charge is -2.24. The number of hydrogen-bond acceptors (Lipinski definition) is 7. The molecule has 2 N–H and O–H groups in total. The average Bonchev–Trinajstić information content (AvgIpc) is 2.97. The van der Waals surface area contributed by atoms with Gasteiger partial charge in [-0.15, -0.1) is 0 Å². The SMILES string of the molecule is Cc1cc([N+](=O)[O-])ccc1NC(=O)C1=C(O)N(C)Sc2cscc21. The average molecular weight is 363 g/mol. The van der Waals surface area contributed by atoms with Crippen molar-refractivity contribution >= 4 is 46.1 Å². The van der Waals surface area contributed by atoms with Crippen molar-refractivity contribution in [1.82, 2.24) is 4.31 Å². The highest BCUT2D eigenvalue weighted by atomic mass is 32.2. The number of non-ortho nitro benzene ring substituents is 1. The Balaban J connectivity index is 1.93. The van der Waals surface area contributed by atoms with Crippen LogP contribution in [-0.2, 0) is 4.79 Å². The molecule has 2 aromatic rings. The molecular weight excluding hydrogens is 350 g/mol. The van der Waals surface area contributed by atoms with Crippen LogP contribution in [0.25, 0.3) is 5.57 Å². The molecule has 1 aromatic heterocycles. The summed E-state index contributed by atoms with van der Waals surface area (Å²) < 4.78 is 1.52. The van der Waals surface area contributed by atoms with E-state index in [1.54, 1.807) is 14.0 Å². The van der Waals surface area contributed by atoms with Gasteiger partial charge in [0.1, 0.15) is 5.57 Å². The third-order valence-corrected chi connectivity index (χ3v) is 5.42. The number of thiophene rings is 1. The lowest BCUT2D eigenvalue weighted by atomic mass is 10.1. The molecule has 7 nitrogen and oxygen atoms in total. The van der Waals surface area contributed by atoms with Gasteiger partial charge < -0.3 is 10.4 Å². The van der Waals surface area contributed by atoms with Crippen molar-refractivity contribution in [3.05, 3.63) is 56.1 Å². The van der Waals surface area contributed by atoms with E-state index in [1.807, 2.05) is 10.8 Å². The Morgan fingerprint density at radius 2 is 2.12 bits per heavy atom. The molecule has 1 aliphatic rings. The van der Waals surface area contributed by atoms with Crippen LogP contribution >= 0.6 is 23.3 Å². The zero-order valence-electron chi connectivity index (χ0n) is 12.8. The van der Waals surface area contributed by atoms with Gasteiger partial charge in [0.05, 0.1) is 4.92 Å². The molecule has 0 aliphatic carbocycles. The van der Waals surface area contributed by atoms with Crippen LogP contribution < -0.4 is 5.32 Å². The molecule has 24 heavy (non-hydrogen) atoms. The number of nitro groups is 1. The monoisotopic (exact) mass is 363 g/mol. The fraction of sp³-hybridized carbons (Fsp3) is 0.133. The summed E-state index contributed by atoms with van der Waals surface area (Å²) in [7, 11) is 1.67. The maximum Gasteiger partial charge on any atom is 0.269 e. The quantitative estimate of drug-likeness (QED) is 0.489. The molecule has 1 aromatic carbocycles. The van der Waals surface area contributed by atoms with Crippen LogP contribution in [0.3, 0.4) is 0 Å². The van der Waals surface area contributed by atoms with Gasteiger partial charge in [-0.05, 0) is 30.5 Å². The number of rotatable bonds is 3. The van der Waals surface area contributed by atoms with E-state index < -0.39 is 10.8 Å². The molecule has 0 bridgehead atoms. The molecule has 0 saturated heterocycles. The first-order valence-electron chi connectivity index (χ1n) is 6.86. The van der Waals surface area contributed by atoms with Crippen LogP contribution in [0.2, 0.25) is 0 Å². The number of anilines is 1. The molecule has 0 saturated carbocycles. The van der Waals surface area contributed by atoms with Gasteiger partial charge in [-0.1, -0.05) is 0 Å². The Bertz CT molecular complexity index is 875. The first-order valence-corrected chi connectivity index (χ1v) is 8.58. The van der Waals surface area contributed by atoms with Crippen LogP contribution in [0.5, 0.6) is 0 Å². The van der Waals surface area contributed by atoms with Crippen molar-refractivity contribution in [2.24, 2.45) is 0 Å². The molecule has 0 radical (unpaired) electrons. The Kier molecular flexibility index (Phi) is 4.20. The number of carbonyl (C=O) groups excluding carboxylic acids is 1. The predicted octanol–water partition coefficient (Wildman–Crippen LogP) is 3.78. The number of nitro benzene ring substituents is 1. The fourth-order valence-corrected chi connectivity index (χ4v) is 4.16. The van der Waals surface area contributed by atoms with E-state index in [0.717, 1.165) is 4.90 Å². The highest BCUT2D eigenvalue weighted by molar-refractivity contribution is 7.97. The lowest BCUT2D eigenvalue weighted by molar-refractivity contribution is -0.384. The van der Waals surface area contributed by atoms with E-state index in [-0.39, 0.29) is 17.1 Å². The van der Waals surface area contributed by atoms with E-state index in [2.05, 4.69) is 5.32 Å². The molecule has 0 fully saturated rings. The maximum atomic E-state index is 12.7. The van der Waals surface area contributed by atoms with Gasteiger partial charge in [0.25, 0.3) is 11.6 Å². The van der Waals surface area contributed by atoms with Gasteiger partial charge in [0.15, 0.2) is 0 Å². The maximum absolute atomic E-state index is 12.7. The number of amides is 1. The molecule has 3 rings (SSSR count). The largest absolute Gasteiger partial charge is 0.494 e. The minimum atomic E-state index is -0.488. The Labute approximate surface area is 145 Å². The molecule has 9 heteroatoms. The molecule has 2 heterocycles. The highest BCUT2D eigenvalue weighted by Gasteiger charge is 2.29. The molecule has 0 atom stereocenters. The number of aliphatic hydroxyl groups excluding tert-OH is 1. The lowest BCUT2D eigenvalue weighted by Crippen LogP contribution is -2.23. The minimum Gasteiger partial charge on any atom is -0.494 e. The topological polar surface area (TPSA) is 95.7 Å². The summed E-state index contributed by atoms with van der Waals surface area (Å²) in [6.07, 6.45) is 0. The molecule has 0 unspecified atom stereocenters. The molecule has 1 aliphatic heterocycles. The second-order valence-corrected chi connectivity index (χ2v) is 7.06. The van der Waals surface area contributed by atoms with Crippen molar-refractivity contribution in [1.29, 1.82) is 0 Å². The summed E-state index contributed by atoms with van der Waals surface area (Å²) in [5.41, 5.74) is 1.86. The van der Waals surface area contributed by atoms with E-state index in [0.29, 0.717) is 16.8 Å². The summed E-state index contributed by atoms with van der Waals surface area (Å²) in [6, 6.07) is 4.21. The number of fused-ring (bicyclic) bond motifs is 1. The van der Waals surface area contributed by atoms with E-state index >= 15 is 0 Å². The van der Waals surface area contributed by atoms with Gasteiger partial charge in [-0.2, -0.15) is 11.3 Å². The third kappa shape index (κ3) is 2.83. The Morgan fingerprint density at radius 3 is 2.79 bits per heavy atom. The first-order chi connectivity index (χ1) is 11.4. The zero-order chi connectivity index (χ0) is 17.4. The summed E-state index contributed by atoms with van der Waals surface area (Å²) >= 11 is 2.79. The normalized spacial score (nSPS) is 13.7. The van der Waals surface area contributed by atoms with Crippen LogP contribution in [0.1, 0.15) is 11.1 Å². The van der Waals surface area contributed by atoms with Crippen molar-refractivity contribution in [3.63, 3.8) is 0 Å². The molecule has 124 valence electrons. The van der Waals surface area contributed by atoms with E-state index in [1.165, 1.54) is 45.8 Å². The van der Waals surface area contributed by atoms with Crippen molar-refractivity contribution in [2.45, 2.75) is 11.8 Å². The second kappa shape index (κ2) is 6.17. The van der Waals surface area contributed by atoms with Gasteiger partial charge in [0.2, 0.25) is 5.88 Å². The number of benzene rings is 1. The number of hydrogen-bond donors (Lipinski definition) is 2. The number of aryl methyl sites for hydroxylation is 1. The van der Waals surface area contributed by atoms with Crippen LogP contribution in [0.4, 0.5) is 11.4 Å².